The maximum absolute atomic E-state index is 12.1. The van der Waals surface area contributed by atoms with Crippen LogP contribution in [0.4, 0.5) is 0 Å². The first kappa shape index (κ1) is 18.9. The molecule has 2 saturated carbocycles. The zero-order valence-electron chi connectivity index (χ0n) is 14.1. The Kier molecular flexibility index (Phi) is 5.37. The number of esters is 1. The summed E-state index contributed by atoms with van der Waals surface area (Å²) in [4.78, 5) is 23.6. The van der Waals surface area contributed by atoms with Gasteiger partial charge >= 0.3 is 5.97 Å². The molecule has 0 heterocycles. The average Bonchev–Trinajstić information content (AvgIpc) is 2.42. The minimum absolute atomic E-state index is 0.137. The number of nitrogens with one attached hydrogen (secondary N) is 1. The first-order valence-electron chi connectivity index (χ1n) is 8.32. The highest BCUT2D eigenvalue weighted by molar-refractivity contribution is 5.94. The van der Waals surface area contributed by atoms with Gasteiger partial charge < -0.3 is 25.4 Å². The molecule has 136 valence electrons. The number of ether oxygens (including phenoxy) is 1. The SMILES string of the molecule is C=C(C)C(=O)NCC(=O)OC1(CCO)CC2(O)CCCC(O)(C2)C1. The largest absolute Gasteiger partial charge is 0.457 e. The molecule has 0 aromatic rings. The summed E-state index contributed by atoms with van der Waals surface area (Å²) in [6.07, 6.45) is 2.55. The van der Waals surface area contributed by atoms with Crippen LogP contribution in [0.5, 0.6) is 0 Å². The third-order valence-corrected chi connectivity index (χ3v) is 4.92. The fourth-order valence-electron chi connectivity index (χ4n) is 4.18. The lowest BCUT2D eigenvalue weighted by Crippen LogP contribution is -2.60. The van der Waals surface area contributed by atoms with E-state index in [1.807, 2.05) is 0 Å². The van der Waals surface area contributed by atoms with E-state index in [0.717, 1.165) is 0 Å². The molecular formula is C17H27NO6. The van der Waals surface area contributed by atoms with Gasteiger partial charge in [0.25, 0.3) is 0 Å². The Balaban J connectivity index is 2.09. The van der Waals surface area contributed by atoms with E-state index in [0.29, 0.717) is 19.3 Å². The maximum Gasteiger partial charge on any atom is 0.325 e. The summed E-state index contributed by atoms with van der Waals surface area (Å²) in [7, 11) is 0. The Hall–Kier alpha value is -1.44. The predicted molar refractivity (Wildman–Crippen MR) is 86.0 cm³/mol. The highest BCUT2D eigenvalue weighted by atomic mass is 16.6. The Morgan fingerprint density at radius 2 is 1.75 bits per heavy atom. The zero-order valence-corrected chi connectivity index (χ0v) is 14.1. The molecule has 2 fully saturated rings. The lowest BCUT2D eigenvalue weighted by atomic mass is 9.60. The summed E-state index contributed by atoms with van der Waals surface area (Å²) in [6, 6.07) is 0. The van der Waals surface area contributed by atoms with Crippen molar-refractivity contribution < 1.29 is 29.6 Å². The molecule has 7 nitrogen and oxygen atoms in total. The number of fused-ring (bicyclic) bond motifs is 2. The number of carbonyl (C=O) groups excluding carboxylic acids is 2. The average molecular weight is 341 g/mol. The van der Waals surface area contributed by atoms with E-state index < -0.39 is 28.7 Å². The Labute approximate surface area is 141 Å². The van der Waals surface area contributed by atoms with Gasteiger partial charge in [-0.25, -0.2) is 0 Å². The maximum atomic E-state index is 12.1. The number of rotatable bonds is 6. The van der Waals surface area contributed by atoms with E-state index in [4.69, 9.17) is 4.74 Å². The fourth-order valence-corrected chi connectivity index (χ4v) is 4.18. The first-order valence-corrected chi connectivity index (χ1v) is 8.32. The van der Waals surface area contributed by atoms with Gasteiger partial charge in [0.15, 0.2) is 0 Å². The van der Waals surface area contributed by atoms with Gasteiger partial charge in [0, 0.05) is 37.9 Å². The van der Waals surface area contributed by atoms with Gasteiger partial charge in [0.1, 0.15) is 12.1 Å². The van der Waals surface area contributed by atoms with E-state index in [1.165, 1.54) is 6.92 Å². The minimum Gasteiger partial charge on any atom is -0.457 e. The van der Waals surface area contributed by atoms with Crippen molar-refractivity contribution in [1.29, 1.82) is 0 Å². The molecule has 0 saturated heterocycles. The molecule has 4 N–H and O–H groups in total. The minimum atomic E-state index is -1.12. The van der Waals surface area contributed by atoms with Crippen LogP contribution in [0.25, 0.3) is 0 Å². The molecule has 2 unspecified atom stereocenters. The number of aliphatic hydroxyl groups is 3. The Morgan fingerprint density at radius 1 is 1.17 bits per heavy atom. The fraction of sp³-hybridized carbons (Fsp3) is 0.765. The van der Waals surface area contributed by atoms with Crippen molar-refractivity contribution in [3.63, 3.8) is 0 Å². The number of aliphatic hydroxyl groups excluding tert-OH is 1. The number of hydrogen-bond acceptors (Lipinski definition) is 6. The summed E-state index contributed by atoms with van der Waals surface area (Å²) >= 11 is 0. The van der Waals surface area contributed by atoms with Crippen molar-refractivity contribution in [2.75, 3.05) is 13.2 Å². The standard InChI is InChI=1S/C17H27NO6/c1-12(2)14(21)18-8-13(20)24-17(6-7-19)10-15(22)4-3-5-16(23,9-15)11-17/h19,22-23H,1,3-11H2,2H3,(H,18,21). The second kappa shape index (κ2) is 6.82. The van der Waals surface area contributed by atoms with Gasteiger partial charge in [-0.05, 0) is 26.2 Å². The molecule has 2 aliphatic rings. The molecule has 0 spiro atoms. The Morgan fingerprint density at radius 3 is 2.25 bits per heavy atom. The van der Waals surface area contributed by atoms with Crippen LogP contribution in [0.1, 0.15) is 51.9 Å². The second-order valence-corrected chi connectivity index (χ2v) is 7.43. The number of amides is 1. The molecular weight excluding hydrogens is 314 g/mol. The van der Waals surface area contributed by atoms with Gasteiger partial charge in [-0.2, -0.15) is 0 Å². The lowest BCUT2D eigenvalue weighted by molar-refractivity contribution is -0.220. The predicted octanol–water partition coefficient (Wildman–Crippen LogP) is 0.173. The van der Waals surface area contributed by atoms with Crippen molar-refractivity contribution in [1.82, 2.24) is 5.32 Å². The normalized spacial score (nSPS) is 35.2. The molecule has 0 radical (unpaired) electrons. The molecule has 2 aliphatic carbocycles. The molecule has 1 amide bonds. The van der Waals surface area contributed by atoms with Gasteiger partial charge in [-0.3, -0.25) is 9.59 Å². The van der Waals surface area contributed by atoms with Gasteiger partial charge in [0.05, 0.1) is 11.2 Å². The quantitative estimate of drug-likeness (QED) is 0.404. The summed E-state index contributed by atoms with van der Waals surface area (Å²) in [5.74, 6) is -1.11. The number of carbonyl (C=O) groups is 2. The smallest absolute Gasteiger partial charge is 0.325 e. The van der Waals surface area contributed by atoms with E-state index in [1.54, 1.807) is 0 Å². The highest BCUT2D eigenvalue weighted by Crippen LogP contribution is 2.51. The van der Waals surface area contributed by atoms with Crippen LogP contribution in [0.2, 0.25) is 0 Å². The van der Waals surface area contributed by atoms with E-state index in [2.05, 4.69) is 11.9 Å². The van der Waals surface area contributed by atoms with Crippen LogP contribution in [0.15, 0.2) is 12.2 Å². The Bertz CT molecular complexity index is 515. The molecule has 2 atom stereocenters. The van der Waals surface area contributed by atoms with Gasteiger partial charge in [0.2, 0.25) is 5.91 Å². The van der Waals surface area contributed by atoms with Crippen molar-refractivity contribution in [3.05, 3.63) is 12.2 Å². The van der Waals surface area contributed by atoms with Crippen LogP contribution >= 0.6 is 0 Å². The van der Waals surface area contributed by atoms with E-state index in [-0.39, 0.29) is 44.4 Å². The molecule has 0 aromatic heterocycles. The highest BCUT2D eigenvalue weighted by Gasteiger charge is 2.57. The lowest BCUT2D eigenvalue weighted by Gasteiger charge is -2.54. The molecule has 0 aromatic carbocycles. The van der Waals surface area contributed by atoms with Crippen molar-refractivity contribution in [3.8, 4) is 0 Å². The topological polar surface area (TPSA) is 116 Å². The second-order valence-electron chi connectivity index (χ2n) is 7.43. The van der Waals surface area contributed by atoms with Crippen LogP contribution in [0, 0.1) is 0 Å². The molecule has 0 aliphatic heterocycles. The van der Waals surface area contributed by atoms with Crippen molar-refractivity contribution in [2.24, 2.45) is 0 Å². The molecule has 7 heteroatoms. The third kappa shape index (κ3) is 4.34. The van der Waals surface area contributed by atoms with Crippen LogP contribution in [0.3, 0.4) is 0 Å². The summed E-state index contributed by atoms with van der Waals surface area (Å²) in [6.45, 7) is 4.47. The van der Waals surface area contributed by atoms with Crippen LogP contribution in [-0.2, 0) is 14.3 Å². The van der Waals surface area contributed by atoms with Gasteiger partial charge in [-0.1, -0.05) is 6.58 Å². The van der Waals surface area contributed by atoms with Crippen LogP contribution in [-0.4, -0.2) is 57.2 Å². The first-order chi connectivity index (χ1) is 11.1. The van der Waals surface area contributed by atoms with E-state index >= 15 is 0 Å². The van der Waals surface area contributed by atoms with E-state index in [9.17, 15) is 24.9 Å². The molecule has 2 rings (SSSR count). The number of hydrogen-bond donors (Lipinski definition) is 4. The monoisotopic (exact) mass is 341 g/mol. The zero-order chi connectivity index (χ0) is 18.0. The third-order valence-electron chi connectivity index (χ3n) is 4.92. The van der Waals surface area contributed by atoms with Crippen molar-refractivity contribution >= 4 is 11.9 Å². The molecule has 2 bridgehead atoms. The van der Waals surface area contributed by atoms with Crippen molar-refractivity contribution in [2.45, 2.75) is 68.7 Å². The summed E-state index contributed by atoms with van der Waals surface area (Å²) < 4.78 is 5.55. The van der Waals surface area contributed by atoms with Crippen LogP contribution < -0.4 is 5.32 Å². The summed E-state index contributed by atoms with van der Waals surface area (Å²) in [5.41, 5.74) is -3.03. The molecule has 24 heavy (non-hydrogen) atoms. The summed E-state index contributed by atoms with van der Waals surface area (Å²) in [5, 5.41) is 33.2. The van der Waals surface area contributed by atoms with Gasteiger partial charge in [-0.15, -0.1) is 0 Å².